The van der Waals surface area contributed by atoms with Crippen LogP contribution in [0, 0.1) is 5.82 Å². The molecule has 140 valence electrons. The first kappa shape index (κ1) is 17.8. The maximum absolute atomic E-state index is 13.0. The van der Waals surface area contributed by atoms with Crippen LogP contribution >= 0.6 is 0 Å². The first-order chi connectivity index (χ1) is 13.7. The molecule has 0 amide bonds. The van der Waals surface area contributed by atoms with Crippen molar-refractivity contribution < 1.29 is 18.4 Å². The van der Waals surface area contributed by atoms with E-state index in [2.05, 4.69) is 15.1 Å². The zero-order valence-electron chi connectivity index (χ0n) is 14.8. The summed E-state index contributed by atoms with van der Waals surface area (Å²) in [5, 5.41) is 4.83. The molecule has 0 aliphatic carbocycles. The molecule has 0 spiro atoms. The molecule has 0 atom stereocenters. The number of carbonyl (C=O) groups is 1. The number of fused-ring (bicyclic) bond motifs is 1. The van der Waals surface area contributed by atoms with Crippen molar-refractivity contribution in [3.8, 4) is 11.5 Å². The van der Waals surface area contributed by atoms with Crippen LogP contribution in [0.15, 0.2) is 65.2 Å². The lowest BCUT2D eigenvalue weighted by molar-refractivity contribution is -0.145. The molecule has 0 bridgehead atoms. The molecule has 2 heterocycles. The Morgan fingerprint density at radius 2 is 1.82 bits per heavy atom. The number of pyridine rings is 1. The Morgan fingerprint density at radius 3 is 2.68 bits per heavy atom. The van der Waals surface area contributed by atoms with E-state index < -0.39 is 0 Å². The molecular weight excluding hydrogens is 361 g/mol. The molecule has 0 unspecified atom stereocenters. The largest absolute Gasteiger partial charge is 0.457 e. The van der Waals surface area contributed by atoms with E-state index in [1.807, 2.05) is 36.4 Å². The van der Waals surface area contributed by atoms with Crippen LogP contribution in [0.5, 0.6) is 0 Å². The van der Waals surface area contributed by atoms with Crippen molar-refractivity contribution in [3.05, 3.63) is 78.0 Å². The molecule has 0 N–H and O–H groups in total. The van der Waals surface area contributed by atoms with Gasteiger partial charge in [-0.25, -0.2) is 4.39 Å². The molecule has 0 fully saturated rings. The quantitative estimate of drug-likeness (QED) is 0.471. The molecule has 0 saturated heterocycles. The van der Waals surface area contributed by atoms with E-state index in [4.69, 9.17) is 9.26 Å². The lowest BCUT2D eigenvalue weighted by Crippen LogP contribution is -2.07. The van der Waals surface area contributed by atoms with E-state index in [1.165, 1.54) is 24.3 Å². The highest BCUT2D eigenvalue weighted by molar-refractivity contribution is 5.78. The number of ether oxygens (including phenoxy) is 1. The number of esters is 1. The topological polar surface area (TPSA) is 78.1 Å². The predicted octanol–water partition coefficient (Wildman–Crippen LogP) is 4.10. The SMILES string of the molecule is O=C(CCc1ccc2ccccc2n1)OCc1noc(-c2ccc(F)cc2)n1. The minimum Gasteiger partial charge on any atom is -0.457 e. The minimum absolute atomic E-state index is 0.0886. The normalized spacial score (nSPS) is 10.9. The van der Waals surface area contributed by atoms with Crippen LogP contribution in [0.4, 0.5) is 4.39 Å². The van der Waals surface area contributed by atoms with Crippen LogP contribution in [0.3, 0.4) is 0 Å². The Labute approximate surface area is 160 Å². The molecule has 6 nitrogen and oxygen atoms in total. The monoisotopic (exact) mass is 377 g/mol. The lowest BCUT2D eigenvalue weighted by Gasteiger charge is -2.03. The van der Waals surface area contributed by atoms with Crippen molar-refractivity contribution in [1.82, 2.24) is 15.1 Å². The summed E-state index contributed by atoms with van der Waals surface area (Å²) in [5.74, 6) is -0.232. The Morgan fingerprint density at radius 1 is 1.00 bits per heavy atom. The Bertz CT molecular complexity index is 1110. The van der Waals surface area contributed by atoms with Gasteiger partial charge in [0.2, 0.25) is 5.82 Å². The highest BCUT2D eigenvalue weighted by Gasteiger charge is 2.12. The van der Waals surface area contributed by atoms with E-state index in [0.717, 1.165) is 16.6 Å². The molecule has 2 aromatic carbocycles. The van der Waals surface area contributed by atoms with Gasteiger partial charge >= 0.3 is 5.97 Å². The van der Waals surface area contributed by atoms with E-state index in [1.54, 1.807) is 0 Å². The van der Waals surface area contributed by atoms with Crippen LogP contribution in [-0.2, 0) is 22.6 Å². The van der Waals surface area contributed by atoms with Crippen molar-refractivity contribution in [2.45, 2.75) is 19.4 Å². The minimum atomic E-state index is -0.372. The van der Waals surface area contributed by atoms with Crippen LogP contribution < -0.4 is 0 Å². The van der Waals surface area contributed by atoms with Crippen LogP contribution in [0.1, 0.15) is 17.9 Å². The summed E-state index contributed by atoms with van der Waals surface area (Å²) in [6.45, 7) is -0.0886. The van der Waals surface area contributed by atoms with Gasteiger partial charge in [-0.1, -0.05) is 29.4 Å². The van der Waals surface area contributed by atoms with E-state index in [0.29, 0.717) is 12.0 Å². The van der Waals surface area contributed by atoms with Crippen molar-refractivity contribution in [2.24, 2.45) is 0 Å². The molecule has 0 saturated carbocycles. The summed E-state index contributed by atoms with van der Waals surface area (Å²) in [6.07, 6.45) is 0.685. The Kier molecular flexibility index (Phi) is 5.05. The van der Waals surface area contributed by atoms with Gasteiger partial charge in [0.05, 0.1) is 11.9 Å². The van der Waals surface area contributed by atoms with Gasteiger partial charge in [-0.05, 0) is 36.4 Å². The highest BCUT2D eigenvalue weighted by Crippen LogP contribution is 2.18. The zero-order chi connectivity index (χ0) is 19.3. The fraction of sp³-hybridized carbons (Fsp3) is 0.143. The standard InChI is InChI=1S/C21H16FN3O3/c22-16-8-5-15(6-9-16)21-24-19(25-28-21)13-27-20(26)12-11-17-10-7-14-3-1-2-4-18(14)23-17/h1-10H,11-13H2. The van der Waals surface area contributed by atoms with Gasteiger partial charge < -0.3 is 9.26 Å². The Hall–Kier alpha value is -3.61. The van der Waals surface area contributed by atoms with Crippen molar-refractivity contribution in [3.63, 3.8) is 0 Å². The van der Waals surface area contributed by atoms with Crippen LogP contribution in [-0.4, -0.2) is 21.1 Å². The number of aromatic nitrogens is 3. The summed E-state index contributed by atoms with van der Waals surface area (Å²) >= 11 is 0. The molecular formula is C21H16FN3O3. The number of rotatable bonds is 6. The third kappa shape index (κ3) is 4.20. The summed E-state index contributed by atoms with van der Waals surface area (Å²) in [7, 11) is 0. The third-order valence-electron chi connectivity index (χ3n) is 4.16. The summed E-state index contributed by atoms with van der Waals surface area (Å²) in [5.41, 5.74) is 2.32. The number of halogens is 1. The maximum Gasteiger partial charge on any atom is 0.306 e. The second kappa shape index (κ2) is 7.96. The zero-order valence-corrected chi connectivity index (χ0v) is 14.8. The maximum atomic E-state index is 13.0. The van der Waals surface area contributed by atoms with Gasteiger partial charge in [-0.3, -0.25) is 9.78 Å². The summed E-state index contributed by atoms with van der Waals surface area (Å²) in [6, 6.07) is 17.4. The van der Waals surface area contributed by atoms with E-state index >= 15 is 0 Å². The first-order valence-corrected chi connectivity index (χ1v) is 8.76. The summed E-state index contributed by atoms with van der Waals surface area (Å²) in [4.78, 5) is 20.7. The van der Waals surface area contributed by atoms with Gasteiger partial charge in [0.25, 0.3) is 5.89 Å². The molecule has 7 heteroatoms. The van der Waals surface area contributed by atoms with Gasteiger partial charge in [-0.2, -0.15) is 4.98 Å². The molecule has 2 aromatic heterocycles. The number of nitrogens with zero attached hydrogens (tertiary/aromatic N) is 3. The molecule has 4 rings (SSSR count). The van der Waals surface area contributed by atoms with Crippen molar-refractivity contribution >= 4 is 16.9 Å². The van der Waals surface area contributed by atoms with Gasteiger partial charge in [0.15, 0.2) is 6.61 Å². The molecule has 28 heavy (non-hydrogen) atoms. The van der Waals surface area contributed by atoms with Crippen LogP contribution in [0.25, 0.3) is 22.4 Å². The third-order valence-corrected chi connectivity index (χ3v) is 4.16. The number of carbonyl (C=O) groups excluding carboxylic acids is 1. The molecule has 0 aliphatic rings. The fourth-order valence-electron chi connectivity index (χ4n) is 2.72. The van der Waals surface area contributed by atoms with Gasteiger partial charge in [0.1, 0.15) is 5.82 Å². The number of hydrogen-bond acceptors (Lipinski definition) is 6. The second-order valence-electron chi connectivity index (χ2n) is 6.18. The highest BCUT2D eigenvalue weighted by atomic mass is 19.1. The lowest BCUT2D eigenvalue weighted by atomic mass is 10.1. The van der Waals surface area contributed by atoms with E-state index in [-0.39, 0.29) is 36.5 Å². The van der Waals surface area contributed by atoms with Gasteiger partial charge in [-0.15, -0.1) is 0 Å². The van der Waals surface area contributed by atoms with Crippen molar-refractivity contribution in [2.75, 3.05) is 0 Å². The number of hydrogen-bond donors (Lipinski definition) is 0. The smallest absolute Gasteiger partial charge is 0.306 e. The van der Waals surface area contributed by atoms with Crippen molar-refractivity contribution in [1.29, 1.82) is 0 Å². The first-order valence-electron chi connectivity index (χ1n) is 8.76. The predicted molar refractivity (Wildman–Crippen MR) is 99.6 cm³/mol. The van der Waals surface area contributed by atoms with Gasteiger partial charge in [0, 0.05) is 23.1 Å². The van der Waals surface area contributed by atoms with E-state index in [9.17, 15) is 9.18 Å². The molecule has 0 aliphatic heterocycles. The average Bonchev–Trinajstić information content (AvgIpc) is 3.20. The van der Waals surface area contributed by atoms with Crippen LogP contribution in [0.2, 0.25) is 0 Å². The number of aryl methyl sites for hydroxylation is 1. The summed E-state index contributed by atoms with van der Waals surface area (Å²) < 4.78 is 23.3. The average molecular weight is 377 g/mol. The Balaban J connectivity index is 1.30. The molecule has 4 aromatic rings. The number of para-hydroxylation sites is 1. The number of benzene rings is 2. The second-order valence-corrected chi connectivity index (χ2v) is 6.18. The fourth-order valence-corrected chi connectivity index (χ4v) is 2.72. The molecule has 0 radical (unpaired) electrons.